The largest absolute Gasteiger partial charge is 0.463 e. The molecule has 8 nitrogen and oxygen atoms in total. The van der Waals surface area contributed by atoms with E-state index in [0.717, 1.165) is 16.5 Å². The molecule has 0 atom stereocenters. The molecule has 0 bridgehead atoms. The fourth-order valence-electron chi connectivity index (χ4n) is 2.51. The van der Waals surface area contributed by atoms with E-state index < -0.39 is 0 Å². The van der Waals surface area contributed by atoms with Crippen LogP contribution in [0.1, 0.15) is 5.76 Å². The Bertz CT molecular complexity index is 1080. The van der Waals surface area contributed by atoms with Crippen molar-refractivity contribution in [2.75, 3.05) is 5.75 Å². The predicted molar refractivity (Wildman–Crippen MR) is 102 cm³/mol. The number of amides is 1. The Balaban J connectivity index is 1.45. The van der Waals surface area contributed by atoms with Crippen molar-refractivity contribution in [1.29, 1.82) is 0 Å². The summed E-state index contributed by atoms with van der Waals surface area (Å²) in [5, 5.41) is 18.3. The molecule has 1 N–H and O–H groups in total. The van der Waals surface area contributed by atoms with Gasteiger partial charge in [0.1, 0.15) is 5.76 Å². The fourth-order valence-corrected chi connectivity index (χ4v) is 3.18. The summed E-state index contributed by atoms with van der Waals surface area (Å²) in [4.78, 5) is 12.0. The van der Waals surface area contributed by atoms with Crippen molar-refractivity contribution in [3.05, 3.63) is 66.6 Å². The molecule has 9 heteroatoms. The van der Waals surface area contributed by atoms with Crippen molar-refractivity contribution in [3.8, 4) is 5.69 Å². The molecule has 27 heavy (non-hydrogen) atoms. The summed E-state index contributed by atoms with van der Waals surface area (Å²) in [6.45, 7) is 0. The van der Waals surface area contributed by atoms with Gasteiger partial charge < -0.3 is 4.42 Å². The molecule has 4 aromatic rings. The summed E-state index contributed by atoms with van der Waals surface area (Å²) >= 11 is 1.23. The maximum absolute atomic E-state index is 12.0. The Kier molecular flexibility index (Phi) is 4.93. The van der Waals surface area contributed by atoms with Crippen LogP contribution in [-0.2, 0) is 4.79 Å². The highest BCUT2D eigenvalue weighted by molar-refractivity contribution is 7.99. The van der Waals surface area contributed by atoms with E-state index >= 15 is 0 Å². The van der Waals surface area contributed by atoms with Gasteiger partial charge >= 0.3 is 0 Å². The van der Waals surface area contributed by atoms with Gasteiger partial charge in [-0.05, 0) is 34.0 Å². The molecule has 0 spiro atoms. The highest BCUT2D eigenvalue weighted by Gasteiger charge is 2.13. The number of aromatic nitrogens is 4. The third-order valence-electron chi connectivity index (χ3n) is 3.69. The van der Waals surface area contributed by atoms with Crippen LogP contribution in [0.4, 0.5) is 0 Å². The van der Waals surface area contributed by atoms with Gasteiger partial charge in [-0.25, -0.2) is 5.43 Å². The first-order valence-corrected chi connectivity index (χ1v) is 9.04. The monoisotopic (exact) mass is 378 g/mol. The highest BCUT2D eigenvalue weighted by atomic mass is 32.2. The molecule has 134 valence electrons. The van der Waals surface area contributed by atoms with Crippen molar-refractivity contribution in [1.82, 2.24) is 25.6 Å². The topological polar surface area (TPSA) is 98.2 Å². The van der Waals surface area contributed by atoms with Crippen molar-refractivity contribution in [3.63, 3.8) is 0 Å². The van der Waals surface area contributed by atoms with E-state index in [1.807, 2.05) is 42.5 Å². The van der Waals surface area contributed by atoms with E-state index in [0.29, 0.717) is 10.9 Å². The van der Waals surface area contributed by atoms with Gasteiger partial charge in [-0.3, -0.25) is 4.79 Å². The smallest absolute Gasteiger partial charge is 0.250 e. The second-order valence-electron chi connectivity index (χ2n) is 5.47. The zero-order valence-corrected chi connectivity index (χ0v) is 14.8. The van der Waals surface area contributed by atoms with Gasteiger partial charge in [0.25, 0.3) is 5.91 Å². The Labute approximate surface area is 158 Å². The predicted octanol–water partition coefficient (Wildman–Crippen LogP) is 2.65. The quantitative estimate of drug-likeness (QED) is 0.315. The zero-order chi connectivity index (χ0) is 18.5. The Morgan fingerprint density at radius 2 is 2.07 bits per heavy atom. The van der Waals surface area contributed by atoms with E-state index in [1.54, 1.807) is 16.8 Å². The summed E-state index contributed by atoms with van der Waals surface area (Å²) in [5.41, 5.74) is 3.30. The number of fused-ring (bicyclic) bond motifs is 1. The molecule has 4 rings (SSSR count). The normalized spacial score (nSPS) is 11.3. The lowest BCUT2D eigenvalue weighted by Crippen LogP contribution is -2.20. The molecular weight excluding hydrogens is 364 g/mol. The molecule has 0 unspecified atom stereocenters. The third kappa shape index (κ3) is 3.87. The first-order chi connectivity index (χ1) is 13.3. The first-order valence-electron chi connectivity index (χ1n) is 8.06. The second-order valence-corrected chi connectivity index (χ2v) is 6.41. The first kappa shape index (κ1) is 17.0. The SMILES string of the molecule is O=C(CSc1nnnn1-c1cccc2ccccc12)N/N=C/c1ccco1. The number of nitrogens with zero attached hydrogens (tertiary/aromatic N) is 5. The number of benzene rings is 2. The number of hydrazone groups is 1. The van der Waals surface area contributed by atoms with Crippen LogP contribution in [0.15, 0.2) is 75.5 Å². The number of tetrazole rings is 1. The van der Waals surface area contributed by atoms with E-state index in [9.17, 15) is 4.79 Å². The molecular formula is C18H14N6O2S. The summed E-state index contributed by atoms with van der Waals surface area (Å²) < 4.78 is 6.73. The summed E-state index contributed by atoms with van der Waals surface area (Å²) in [6.07, 6.45) is 2.97. The molecule has 0 saturated heterocycles. The van der Waals surface area contributed by atoms with Crippen LogP contribution in [0.5, 0.6) is 0 Å². The van der Waals surface area contributed by atoms with Crippen molar-refractivity contribution >= 4 is 34.7 Å². The Hall–Kier alpha value is -3.46. The average molecular weight is 378 g/mol. The molecule has 1 amide bonds. The summed E-state index contributed by atoms with van der Waals surface area (Å²) in [7, 11) is 0. The number of rotatable bonds is 6. The van der Waals surface area contributed by atoms with Crippen LogP contribution in [0.2, 0.25) is 0 Å². The van der Waals surface area contributed by atoms with Gasteiger partial charge in [0.2, 0.25) is 5.16 Å². The average Bonchev–Trinajstić information content (AvgIpc) is 3.38. The Morgan fingerprint density at radius 3 is 2.96 bits per heavy atom. The number of carbonyl (C=O) groups excluding carboxylic acids is 1. The lowest BCUT2D eigenvalue weighted by Gasteiger charge is -2.07. The fraction of sp³-hybridized carbons (Fsp3) is 0.0556. The lowest BCUT2D eigenvalue weighted by molar-refractivity contribution is -0.118. The van der Waals surface area contributed by atoms with Crippen LogP contribution < -0.4 is 5.43 Å². The highest BCUT2D eigenvalue weighted by Crippen LogP contribution is 2.25. The minimum absolute atomic E-state index is 0.126. The van der Waals surface area contributed by atoms with Crippen molar-refractivity contribution < 1.29 is 9.21 Å². The third-order valence-corrected chi connectivity index (χ3v) is 4.61. The van der Waals surface area contributed by atoms with E-state index in [4.69, 9.17) is 4.42 Å². The van der Waals surface area contributed by atoms with Crippen LogP contribution >= 0.6 is 11.8 Å². The van der Waals surface area contributed by atoms with Gasteiger partial charge in [0.15, 0.2) is 0 Å². The minimum Gasteiger partial charge on any atom is -0.463 e. The molecule has 0 radical (unpaired) electrons. The molecule has 0 aliphatic carbocycles. The van der Waals surface area contributed by atoms with Crippen LogP contribution in [0, 0.1) is 0 Å². The molecule has 2 aromatic heterocycles. The standard InChI is InChI=1S/C18H14N6O2S/c25-17(20-19-11-14-7-4-10-26-14)12-27-18-21-22-23-24(18)16-9-3-6-13-5-1-2-8-15(13)16/h1-11H,12H2,(H,20,25)/b19-11+. The van der Waals surface area contributed by atoms with Crippen LogP contribution in [-0.4, -0.2) is 38.1 Å². The minimum atomic E-state index is -0.268. The van der Waals surface area contributed by atoms with E-state index in [2.05, 4.69) is 26.1 Å². The summed E-state index contributed by atoms with van der Waals surface area (Å²) in [6, 6.07) is 17.4. The van der Waals surface area contributed by atoms with Crippen molar-refractivity contribution in [2.45, 2.75) is 5.16 Å². The van der Waals surface area contributed by atoms with Crippen LogP contribution in [0.3, 0.4) is 0 Å². The van der Waals surface area contributed by atoms with Gasteiger partial charge in [0.05, 0.1) is 23.9 Å². The molecule has 0 aliphatic heterocycles. The van der Waals surface area contributed by atoms with Gasteiger partial charge in [-0.1, -0.05) is 48.2 Å². The molecule has 0 saturated carbocycles. The lowest BCUT2D eigenvalue weighted by atomic mass is 10.1. The van der Waals surface area contributed by atoms with Gasteiger partial charge in [-0.15, -0.1) is 5.10 Å². The molecule has 2 aromatic carbocycles. The number of hydrogen-bond acceptors (Lipinski definition) is 7. The van der Waals surface area contributed by atoms with E-state index in [1.165, 1.54) is 24.2 Å². The number of furan rings is 1. The number of thioether (sulfide) groups is 1. The zero-order valence-electron chi connectivity index (χ0n) is 14.0. The van der Waals surface area contributed by atoms with Gasteiger partial charge in [0, 0.05) is 5.39 Å². The van der Waals surface area contributed by atoms with Gasteiger partial charge in [-0.2, -0.15) is 9.78 Å². The molecule has 2 heterocycles. The summed E-state index contributed by atoms with van der Waals surface area (Å²) in [5.74, 6) is 0.416. The van der Waals surface area contributed by atoms with Crippen LogP contribution in [0.25, 0.3) is 16.5 Å². The number of nitrogens with one attached hydrogen (secondary N) is 1. The Morgan fingerprint density at radius 1 is 1.19 bits per heavy atom. The van der Waals surface area contributed by atoms with Crippen molar-refractivity contribution in [2.24, 2.45) is 5.10 Å². The molecule has 0 aliphatic rings. The van der Waals surface area contributed by atoms with E-state index in [-0.39, 0.29) is 11.7 Å². The number of carbonyl (C=O) groups is 1. The second kappa shape index (κ2) is 7.83. The molecule has 0 fully saturated rings. The maximum atomic E-state index is 12.0. The maximum Gasteiger partial charge on any atom is 0.250 e. The number of hydrogen-bond donors (Lipinski definition) is 1.